The number of nitrogens with two attached hydrogens (primary N) is 1. The van der Waals surface area contributed by atoms with Gasteiger partial charge in [-0.15, -0.1) is 0 Å². The van der Waals surface area contributed by atoms with Gasteiger partial charge < -0.3 is 15.5 Å². The molecule has 1 unspecified atom stereocenters. The standard InChI is InChI=1S/C10H13N3O5/c1-6(9(15)13-18-5-8(11)14)12-10(16)7-3-2-4-17-7/h2-4,6H,5H2,1H3,(H2,11,14)(H,12,16)(H,13,15). The van der Waals surface area contributed by atoms with Gasteiger partial charge in [-0.3, -0.25) is 19.2 Å². The van der Waals surface area contributed by atoms with Crippen LogP contribution in [0.15, 0.2) is 22.8 Å². The average molecular weight is 255 g/mol. The number of hydrogen-bond acceptors (Lipinski definition) is 5. The molecule has 0 aliphatic carbocycles. The first kappa shape index (κ1) is 13.7. The van der Waals surface area contributed by atoms with E-state index in [2.05, 4.69) is 10.2 Å². The highest BCUT2D eigenvalue weighted by Gasteiger charge is 2.18. The minimum Gasteiger partial charge on any atom is -0.459 e. The fourth-order valence-corrected chi connectivity index (χ4v) is 1.01. The Labute approximate surface area is 102 Å². The number of carbonyl (C=O) groups excluding carboxylic acids is 3. The third kappa shape index (κ3) is 4.26. The van der Waals surface area contributed by atoms with Crippen molar-refractivity contribution in [2.75, 3.05) is 6.61 Å². The van der Waals surface area contributed by atoms with Crippen molar-refractivity contribution in [1.29, 1.82) is 0 Å². The minimum absolute atomic E-state index is 0.0905. The molecule has 0 saturated heterocycles. The lowest BCUT2D eigenvalue weighted by atomic mass is 10.3. The van der Waals surface area contributed by atoms with E-state index in [1.54, 1.807) is 6.07 Å². The minimum atomic E-state index is -0.851. The molecule has 3 amide bonds. The summed E-state index contributed by atoms with van der Waals surface area (Å²) >= 11 is 0. The summed E-state index contributed by atoms with van der Waals surface area (Å²) in [4.78, 5) is 37.7. The van der Waals surface area contributed by atoms with Gasteiger partial charge in [0.25, 0.3) is 11.8 Å². The van der Waals surface area contributed by atoms with Gasteiger partial charge in [0, 0.05) is 0 Å². The molecule has 0 aliphatic rings. The maximum absolute atomic E-state index is 11.5. The van der Waals surface area contributed by atoms with Gasteiger partial charge in [0.1, 0.15) is 6.04 Å². The molecule has 98 valence electrons. The Bertz CT molecular complexity index is 429. The molecule has 0 aromatic carbocycles. The molecule has 8 nitrogen and oxygen atoms in total. The average Bonchev–Trinajstić information content (AvgIpc) is 2.81. The van der Waals surface area contributed by atoms with Crippen LogP contribution in [0.4, 0.5) is 0 Å². The molecule has 8 heteroatoms. The van der Waals surface area contributed by atoms with Crippen LogP contribution in [0.25, 0.3) is 0 Å². The Morgan fingerprint density at radius 1 is 1.50 bits per heavy atom. The summed E-state index contributed by atoms with van der Waals surface area (Å²) in [7, 11) is 0. The first-order valence-electron chi connectivity index (χ1n) is 5.05. The summed E-state index contributed by atoms with van der Waals surface area (Å²) in [6, 6.07) is 2.16. The number of carbonyl (C=O) groups is 3. The van der Waals surface area contributed by atoms with Crippen molar-refractivity contribution >= 4 is 17.7 Å². The molecule has 1 atom stereocenters. The lowest BCUT2D eigenvalue weighted by Crippen LogP contribution is -2.45. The van der Waals surface area contributed by atoms with Crippen molar-refractivity contribution in [3.05, 3.63) is 24.2 Å². The molecule has 1 rings (SSSR count). The summed E-state index contributed by atoms with van der Waals surface area (Å²) < 4.78 is 4.85. The lowest BCUT2D eigenvalue weighted by molar-refractivity contribution is -0.139. The summed E-state index contributed by atoms with van der Waals surface area (Å²) in [5.41, 5.74) is 6.78. The van der Waals surface area contributed by atoms with Crippen LogP contribution < -0.4 is 16.5 Å². The first-order valence-corrected chi connectivity index (χ1v) is 5.05. The quantitative estimate of drug-likeness (QED) is 0.558. The number of furan rings is 1. The van der Waals surface area contributed by atoms with E-state index in [0.29, 0.717) is 0 Å². The molecule has 0 aliphatic heterocycles. The summed E-state index contributed by atoms with van der Waals surface area (Å²) in [6.45, 7) is 1.01. The Morgan fingerprint density at radius 3 is 2.78 bits per heavy atom. The van der Waals surface area contributed by atoms with Crippen LogP contribution >= 0.6 is 0 Å². The van der Waals surface area contributed by atoms with Gasteiger partial charge in [-0.05, 0) is 19.1 Å². The number of primary amides is 1. The van der Waals surface area contributed by atoms with Gasteiger partial charge in [0.2, 0.25) is 5.91 Å². The highest BCUT2D eigenvalue weighted by molar-refractivity contribution is 5.95. The van der Waals surface area contributed by atoms with Crippen molar-refractivity contribution in [3.8, 4) is 0 Å². The number of nitrogens with one attached hydrogen (secondary N) is 2. The van der Waals surface area contributed by atoms with E-state index in [4.69, 9.17) is 10.2 Å². The Balaban J connectivity index is 2.35. The van der Waals surface area contributed by atoms with Crippen LogP contribution in [0.1, 0.15) is 17.5 Å². The van der Waals surface area contributed by atoms with Gasteiger partial charge in [0.15, 0.2) is 12.4 Å². The van der Waals surface area contributed by atoms with Crippen LogP contribution in [0, 0.1) is 0 Å². The predicted molar refractivity (Wildman–Crippen MR) is 58.9 cm³/mol. The SMILES string of the molecule is CC(NC(=O)c1ccco1)C(=O)NOCC(N)=O. The summed E-state index contributed by atoms with van der Waals surface area (Å²) in [5, 5.41) is 2.38. The van der Waals surface area contributed by atoms with Crippen LogP contribution in [0.2, 0.25) is 0 Å². The van der Waals surface area contributed by atoms with Crippen LogP contribution in [0.3, 0.4) is 0 Å². The van der Waals surface area contributed by atoms with E-state index in [0.717, 1.165) is 0 Å². The Hall–Kier alpha value is -2.35. The van der Waals surface area contributed by atoms with Gasteiger partial charge >= 0.3 is 0 Å². The van der Waals surface area contributed by atoms with Crippen LogP contribution in [-0.2, 0) is 14.4 Å². The zero-order valence-corrected chi connectivity index (χ0v) is 9.64. The Kier molecular flexibility index (Phi) is 4.88. The normalized spacial score (nSPS) is 11.6. The number of hydrogen-bond donors (Lipinski definition) is 3. The molecule has 1 aromatic rings. The van der Waals surface area contributed by atoms with E-state index < -0.39 is 30.4 Å². The molecule has 1 heterocycles. The topological polar surface area (TPSA) is 124 Å². The molecular weight excluding hydrogens is 242 g/mol. The highest BCUT2D eigenvalue weighted by Crippen LogP contribution is 1.99. The fraction of sp³-hybridized carbons (Fsp3) is 0.300. The predicted octanol–water partition coefficient (Wildman–Crippen LogP) is -1.07. The Morgan fingerprint density at radius 2 is 2.22 bits per heavy atom. The number of amides is 3. The maximum atomic E-state index is 11.5. The van der Waals surface area contributed by atoms with Crippen molar-refractivity contribution < 1.29 is 23.6 Å². The largest absolute Gasteiger partial charge is 0.459 e. The molecular formula is C10H13N3O5. The third-order valence-corrected chi connectivity index (χ3v) is 1.87. The molecule has 0 radical (unpaired) electrons. The van der Waals surface area contributed by atoms with Gasteiger partial charge in [0.05, 0.1) is 6.26 Å². The molecule has 0 saturated carbocycles. The molecule has 4 N–H and O–H groups in total. The number of hydroxylamine groups is 1. The zero-order chi connectivity index (χ0) is 13.5. The zero-order valence-electron chi connectivity index (χ0n) is 9.64. The molecule has 0 spiro atoms. The highest BCUT2D eigenvalue weighted by atomic mass is 16.7. The first-order chi connectivity index (χ1) is 8.50. The van der Waals surface area contributed by atoms with E-state index in [-0.39, 0.29) is 5.76 Å². The van der Waals surface area contributed by atoms with E-state index >= 15 is 0 Å². The van der Waals surface area contributed by atoms with E-state index in [1.807, 2.05) is 5.48 Å². The van der Waals surface area contributed by atoms with Crippen molar-refractivity contribution in [3.63, 3.8) is 0 Å². The fourth-order valence-electron chi connectivity index (χ4n) is 1.01. The third-order valence-electron chi connectivity index (χ3n) is 1.87. The second-order valence-corrected chi connectivity index (χ2v) is 3.39. The second-order valence-electron chi connectivity index (χ2n) is 3.39. The lowest BCUT2D eigenvalue weighted by Gasteiger charge is -2.12. The smallest absolute Gasteiger partial charge is 0.287 e. The van der Waals surface area contributed by atoms with E-state index in [1.165, 1.54) is 19.3 Å². The summed E-state index contributed by atoms with van der Waals surface area (Å²) in [5.74, 6) is -1.77. The molecule has 1 aromatic heterocycles. The van der Waals surface area contributed by atoms with Crippen molar-refractivity contribution in [2.24, 2.45) is 5.73 Å². The number of rotatable bonds is 6. The molecule has 0 fully saturated rings. The van der Waals surface area contributed by atoms with E-state index in [9.17, 15) is 14.4 Å². The van der Waals surface area contributed by atoms with Crippen molar-refractivity contribution in [2.45, 2.75) is 13.0 Å². The van der Waals surface area contributed by atoms with Gasteiger partial charge in [-0.2, -0.15) is 0 Å². The van der Waals surface area contributed by atoms with Gasteiger partial charge in [-0.1, -0.05) is 0 Å². The van der Waals surface area contributed by atoms with Crippen LogP contribution in [-0.4, -0.2) is 30.4 Å². The van der Waals surface area contributed by atoms with Gasteiger partial charge in [-0.25, -0.2) is 5.48 Å². The second kappa shape index (κ2) is 6.40. The molecule has 0 bridgehead atoms. The molecule has 18 heavy (non-hydrogen) atoms. The monoisotopic (exact) mass is 255 g/mol. The summed E-state index contributed by atoms with van der Waals surface area (Å²) in [6.07, 6.45) is 1.34. The maximum Gasteiger partial charge on any atom is 0.287 e. The van der Waals surface area contributed by atoms with Crippen molar-refractivity contribution in [1.82, 2.24) is 10.8 Å². The van der Waals surface area contributed by atoms with Crippen LogP contribution in [0.5, 0.6) is 0 Å².